The van der Waals surface area contributed by atoms with Crippen LogP contribution in [-0.2, 0) is 16.1 Å². The van der Waals surface area contributed by atoms with Gasteiger partial charge in [-0.05, 0) is 17.5 Å². The van der Waals surface area contributed by atoms with Crippen molar-refractivity contribution < 1.29 is 14.3 Å². The van der Waals surface area contributed by atoms with Crippen LogP contribution >= 0.6 is 34.3 Å². The van der Waals surface area contributed by atoms with Crippen molar-refractivity contribution in [1.29, 1.82) is 0 Å². The van der Waals surface area contributed by atoms with Crippen molar-refractivity contribution >= 4 is 62.1 Å². The molecular weight excluding hydrogens is 448 g/mol. The summed E-state index contributed by atoms with van der Waals surface area (Å²) in [7, 11) is 1.22. The van der Waals surface area contributed by atoms with E-state index in [0.717, 1.165) is 10.4 Å². The molecule has 8 nitrogen and oxygen atoms in total. The molecule has 30 heavy (non-hydrogen) atoms. The van der Waals surface area contributed by atoms with Gasteiger partial charge in [0.15, 0.2) is 5.69 Å². The first kappa shape index (κ1) is 20.2. The zero-order chi connectivity index (χ0) is 21.3. The Kier molecular flexibility index (Phi) is 5.62. The third-order valence-electron chi connectivity index (χ3n) is 4.16. The monoisotopic (exact) mass is 460 g/mol. The summed E-state index contributed by atoms with van der Waals surface area (Å²) in [5.41, 5.74) is 0.750. The Morgan fingerprint density at radius 1 is 1.30 bits per heavy atom. The lowest BCUT2D eigenvalue weighted by molar-refractivity contribution is -0.116. The molecule has 0 radical (unpaired) electrons. The number of nitrogens with zero attached hydrogens (tertiary/aromatic N) is 3. The van der Waals surface area contributed by atoms with Crippen LogP contribution in [0, 0.1) is 0 Å². The van der Waals surface area contributed by atoms with Gasteiger partial charge in [-0.1, -0.05) is 17.7 Å². The second-order valence-corrected chi connectivity index (χ2v) is 8.29. The molecule has 152 valence electrons. The SMILES string of the molecule is COC(=O)c1ncc(NC(=O)Cn2cnc3scc(-c4cccs4)c3c2=O)cc1Cl. The van der Waals surface area contributed by atoms with E-state index < -0.39 is 11.9 Å². The Bertz CT molecular complexity index is 1310. The molecule has 11 heteroatoms. The van der Waals surface area contributed by atoms with Crippen molar-refractivity contribution in [3.63, 3.8) is 0 Å². The van der Waals surface area contributed by atoms with E-state index >= 15 is 0 Å². The number of anilines is 1. The van der Waals surface area contributed by atoms with E-state index in [9.17, 15) is 14.4 Å². The third-order valence-corrected chi connectivity index (χ3v) is 6.24. The molecule has 0 bridgehead atoms. The molecule has 0 aliphatic carbocycles. The fourth-order valence-corrected chi connectivity index (χ4v) is 4.77. The molecule has 0 saturated carbocycles. The van der Waals surface area contributed by atoms with E-state index in [4.69, 9.17) is 11.6 Å². The lowest BCUT2D eigenvalue weighted by Gasteiger charge is -2.09. The van der Waals surface area contributed by atoms with Gasteiger partial charge in [-0.2, -0.15) is 0 Å². The van der Waals surface area contributed by atoms with E-state index in [1.807, 2.05) is 22.9 Å². The van der Waals surface area contributed by atoms with Crippen molar-refractivity contribution in [2.75, 3.05) is 12.4 Å². The maximum atomic E-state index is 13.0. The number of hydrogen-bond acceptors (Lipinski definition) is 8. The number of ether oxygens (including phenoxy) is 1. The highest BCUT2D eigenvalue weighted by atomic mass is 35.5. The number of carbonyl (C=O) groups excluding carboxylic acids is 2. The summed E-state index contributed by atoms with van der Waals surface area (Å²) in [5, 5.41) is 6.97. The van der Waals surface area contributed by atoms with Crippen LogP contribution in [0.15, 0.2) is 46.3 Å². The van der Waals surface area contributed by atoms with Gasteiger partial charge in [-0.25, -0.2) is 14.8 Å². The maximum absolute atomic E-state index is 13.0. The van der Waals surface area contributed by atoms with Gasteiger partial charge >= 0.3 is 5.97 Å². The van der Waals surface area contributed by atoms with Crippen molar-refractivity contribution in [2.45, 2.75) is 6.54 Å². The van der Waals surface area contributed by atoms with E-state index in [1.54, 1.807) is 0 Å². The van der Waals surface area contributed by atoms with E-state index in [2.05, 4.69) is 20.0 Å². The van der Waals surface area contributed by atoms with Crippen LogP contribution in [0.5, 0.6) is 0 Å². The number of nitrogens with one attached hydrogen (secondary N) is 1. The fraction of sp³-hybridized carbons (Fsp3) is 0.105. The molecule has 0 saturated heterocycles. The first-order chi connectivity index (χ1) is 14.5. The second kappa shape index (κ2) is 8.34. The Balaban J connectivity index is 1.57. The molecule has 0 atom stereocenters. The number of rotatable bonds is 5. The lowest BCUT2D eigenvalue weighted by atomic mass is 10.2. The zero-order valence-corrected chi connectivity index (χ0v) is 17.8. The van der Waals surface area contributed by atoms with Crippen molar-refractivity contribution in [3.8, 4) is 10.4 Å². The Hall–Kier alpha value is -3.08. The van der Waals surface area contributed by atoms with Gasteiger partial charge in [-0.3, -0.25) is 14.2 Å². The molecular formula is C19H13ClN4O4S2. The summed E-state index contributed by atoms with van der Waals surface area (Å²) in [6.07, 6.45) is 2.64. The standard InChI is InChI=1S/C19H13ClN4O4S2/c1-28-19(27)16-12(20)5-10(6-21-16)23-14(25)7-24-9-22-17-15(18(24)26)11(8-30-17)13-3-2-4-29-13/h2-6,8-9H,7H2,1H3,(H,23,25). The first-order valence-electron chi connectivity index (χ1n) is 8.52. The van der Waals surface area contributed by atoms with Gasteiger partial charge in [0.2, 0.25) is 5.91 Å². The lowest BCUT2D eigenvalue weighted by Crippen LogP contribution is -2.27. The minimum absolute atomic E-state index is 0.0405. The van der Waals surface area contributed by atoms with E-state index in [-0.39, 0.29) is 28.5 Å². The molecule has 0 unspecified atom stereocenters. The molecule has 4 rings (SSSR count). The number of amides is 1. The van der Waals surface area contributed by atoms with Crippen LogP contribution in [0.1, 0.15) is 10.5 Å². The Labute approximate surface area is 182 Å². The van der Waals surface area contributed by atoms with Crippen LogP contribution in [0.25, 0.3) is 20.7 Å². The van der Waals surface area contributed by atoms with Crippen LogP contribution < -0.4 is 10.9 Å². The van der Waals surface area contributed by atoms with Crippen molar-refractivity contribution in [2.24, 2.45) is 0 Å². The predicted octanol–water partition coefficient (Wildman–Crippen LogP) is 3.66. The van der Waals surface area contributed by atoms with Crippen LogP contribution in [-0.4, -0.2) is 33.5 Å². The van der Waals surface area contributed by atoms with Gasteiger partial charge in [0.25, 0.3) is 5.56 Å². The minimum Gasteiger partial charge on any atom is -0.464 e. The normalized spacial score (nSPS) is 10.9. The van der Waals surface area contributed by atoms with Crippen molar-refractivity contribution in [3.05, 3.63) is 62.6 Å². The van der Waals surface area contributed by atoms with E-state index in [0.29, 0.717) is 10.2 Å². The number of carbonyl (C=O) groups is 2. The number of fused-ring (bicyclic) bond motifs is 1. The molecule has 0 aromatic carbocycles. The molecule has 0 aliphatic heterocycles. The van der Waals surface area contributed by atoms with Gasteiger partial charge < -0.3 is 10.1 Å². The van der Waals surface area contributed by atoms with Gasteiger partial charge in [0.1, 0.15) is 11.4 Å². The molecule has 4 aromatic rings. The summed E-state index contributed by atoms with van der Waals surface area (Å²) >= 11 is 8.93. The quantitative estimate of drug-likeness (QED) is 0.456. The average molecular weight is 461 g/mol. The molecule has 0 spiro atoms. The maximum Gasteiger partial charge on any atom is 0.358 e. The minimum atomic E-state index is -0.680. The van der Waals surface area contributed by atoms with E-state index in [1.165, 1.54) is 52.9 Å². The molecule has 4 heterocycles. The first-order valence-corrected chi connectivity index (χ1v) is 10.7. The zero-order valence-electron chi connectivity index (χ0n) is 15.4. The molecule has 0 fully saturated rings. The predicted molar refractivity (Wildman–Crippen MR) is 116 cm³/mol. The average Bonchev–Trinajstić information content (AvgIpc) is 3.39. The molecule has 0 aliphatic rings. The number of methoxy groups -OCH3 is 1. The van der Waals surface area contributed by atoms with Gasteiger partial charge in [0, 0.05) is 15.8 Å². The number of thiophene rings is 2. The Morgan fingerprint density at radius 3 is 2.83 bits per heavy atom. The highest BCUT2D eigenvalue weighted by Gasteiger charge is 2.17. The number of hydrogen-bond donors (Lipinski definition) is 1. The number of esters is 1. The summed E-state index contributed by atoms with van der Waals surface area (Å²) in [6.45, 7) is -0.238. The van der Waals surface area contributed by atoms with Crippen LogP contribution in [0.4, 0.5) is 5.69 Å². The summed E-state index contributed by atoms with van der Waals surface area (Å²) < 4.78 is 5.83. The highest BCUT2D eigenvalue weighted by molar-refractivity contribution is 7.18. The van der Waals surface area contributed by atoms with Crippen molar-refractivity contribution in [1.82, 2.24) is 14.5 Å². The fourth-order valence-electron chi connectivity index (χ4n) is 2.80. The third kappa shape index (κ3) is 3.84. The number of halogens is 1. The van der Waals surface area contributed by atoms with Crippen LogP contribution in [0.2, 0.25) is 5.02 Å². The largest absolute Gasteiger partial charge is 0.464 e. The summed E-state index contributed by atoms with van der Waals surface area (Å²) in [5.74, 6) is -1.14. The Morgan fingerprint density at radius 2 is 2.13 bits per heavy atom. The van der Waals surface area contributed by atoms with Gasteiger partial charge in [-0.15, -0.1) is 22.7 Å². The molecule has 1 N–H and O–H groups in total. The number of aromatic nitrogens is 3. The smallest absolute Gasteiger partial charge is 0.358 e. The summed E-state index contributed by atoms with van der Waals surface area (Å²) in [6, 6.07) is 5.23. The van der Waals surface area contributed by atoms with Gasteiger partial charge in [0.05, 0.1) is 35.7 Å². The molecule has 4 aromatic heterocycles. The van der Waals surface area contributed by atoms with Crippen LogP contribution in [0.3, 0.4) is 0 Å². The summed E-state index contributed by atoms with van der Waals surface area (Å²) in [4.78, 5) is 46.8. The second-order valence-electron chi connectivity index (χ2n) is 6.08. The molecule has 1 amide bonds. The number of pyridine rings is 1. The highest BCUT2D eigenvalue weighted by Crippen LogP contribution is 2.33. The topological polar surface area (TPSA) is 103 Å².